The van der Waals surface area contributed by atoms with Crippen LogP contribution in [0, 0.1) is 0 Å². The minimum absolute atomic E-state index is 0.0212. The monoisotopic (exact) mass is 280 g/mol. The first-order valence-corrected chi connectivity index (χ1v) is 7.10. The molecule has 112 valence electrons. The molecular weight excluding hydrogens is 256 g/mol. The predicted molar refractivity (Wildman–Crippen MR) is 78.2 cm³/mol. The predicted octanol–water partition coefficient (Wildman–Crippen LogP) is 0.697. The quantitative estimate of drug-likeness (QED) is 0.543. The number of aldehydes is 1. The lowest BCUT2D eigenvalue weighted by molar-refractivity contribution is -0.125. The lowest BCUT2D eigenvalue weighted by atomic mass is 9.99. The van der Waals surface area contributed by atoms with Crippen LogP contribution in [0.15, 0.2) is 23.8 Å². The van der Waals surface area contributed by atoms with Crippen LogP contribution in [0.4, 0.5) is 0 Å². The molecule has 0 aliphatic heterocycles. The van der Waals surface area contributed by atoms with E-state index in [1.165, 1.54) is 0 Å². The maximum absolute atomic E-state index is 12.1. The minimum Gasteiger partial charge on any atom is -0.396 e. The summed E-state index contributed by atoms with van der Waals surface area (Å²) in [6, 6.07) is -0.873. The smallest absolute Gasteiger partial charge is 0.238 e. The summed E-state index contributed by atoms with van der Waals surface area (Å²) in [7, 11) is 1.74. The second-order valence-electron chi connectivity index (χ2n) is 4.92. The maximum atomic E-state index is 12.1. The maximum Gasteiger partial charge on any atom is 0.238 e. The molecule has 0 fully saturated rings. The Balaban J connectivity index is 2.50. The van der Waals surface area contributed by atoms with Gasteiger partial charge in [-0.15, -0.1) is 0 Å². The lowest BCUT2D eigenvalue weighted by Crippen LogP contribution is -2.47. The molecule has 0 bridgehead atoms. The zero-order valence-electron chi connectivity index (χ0n) is 12.0. The average molecular weight is 280 g/mol. The number of hydrogen-bond donors (Lipinski definition) is 3. The van der Waals surface area contributed by atoms with E-state index in [2.05, 4.69) is 22.8 Å². The van der Waals surface area contributed by atoms with Crippen LogP contribution in [0.2, 0.25) is 0 Å². The highest BCUT2D eigenvalue weighted by atomic mass is 16.3. The number of likely N-dealkylation sites (N-methyl/N-ethyl adjacent to an activating group) is 1. The van der Waals surface area contributed by atoms with Crippen molar-refractivity contribution < 1.29 is 14.7 Å². The van der Waals surface area contributed by atoms with E-state index < -0.39 is 6.04 Å². The van der Waals surface area contributed by atoms with Gasteiger partial charge in [-0.05, 0) is 39.2 Å². The lowest BCUT2D eigenvalue weighted by Gasteiger charge is -2.20. The van der Waals surface area contributed by atoms with Gasteiger partial charge in [0.1, 0.15) is 6.29 Å². The minimum atomic E-state index is -0.527. The van der Waals surface area contributed by atoms with Gasteiger partial charge in [-0.3, -0.25) is 4.79 Å². The SMILES string of the molecule is CNC(CC1=CCCC=C1)C(=O)NC(C=O)CCCO. The molecule has 0 aromatic rings. The molecule has 0 saturated carbocycles. The van der Waals surface area contributed by atoms with Crippen molar-refractivity contribution in [2.24, 2.45) is 0 Å². The number of aliphatic hydroxyl groups is 1. The number of allylic oxidation sites excluding steroid dienone is 3. The van der Waals surface area contributed by atoms with Gasteiger partial charge in [0.05, 0.1) is 12.1 Å². The van der Waals surface area contributed by atoms with Crippen LogP contribution in [-0.4, -0.2) is 43.0 Å². The molecule has 0 radical (unpaired) electrons. The average Bonchev–Trinajstić information content (AvgIpc) is 2.49. The van der Waals surface area contributed by atoms with Crippen molar-refractivity contribution in [1.29, 1.82) is 0 Å². The Morgan fingerprint density at radius 3 is 2.85 bits per heavy atom. The van der Waals surface area contributed by atoms with E-state index in [-0.39, 0.29) is 18.6 Å². The van der Waals surface area contributed by atoms with E-state index in [1.54, 1.807) is 7.05 Å². The normalized spacial score (nSPS) is 17.2. The molecule has 1 amide bonds. The Hall–Kier alpha value is -1.46. The van der Waals surface area contributed by atoms with E-state index in [0.717, 1.165) is 24.7 Å². The van der Waals surface area contributed by atoms with Gasteiger partial charge >= 0.3 is 0 Å². The summed E-state index contributed by atoms with van der Waals surface area (Å²) in [6.07, 6.45) is 10.7. The summed E-state index contributed by atoms with van der Waals surface area (Å²) in [5, 5.41) is 14.5. The van der Waals surface area contributed by atoms with E-state index in [0.29, 0.717) is 19.3 Å². The zero-order valence-corrected chi connectivity index (χ0v) is 12.0. The van der Waals surface area contributed by atoms with Crippen LogP contribution in [0.3, 0.4) is 0 Å². The Kier molecular flexibility index (Phi) is 7.84. The number of nitrogens with one attached hydrogen (secondary N) is 2. The van der Waals surface area contributed by atoms with Crippen LogP contribution in [0.25, 0.3) is 0 Å². The topological polar surface area (TPSA) is 78.4 Å². The third-order valence-electron chi connectivity index (χ3n) is 3.34. The molecule has 3 N–H and O–H groups in total. The third kappa shape index (κ3) is 5.67. The first kappa shape index (κ1) is 16.6. The molecule has 2 unspecified atom stereocenters. The van der Waals surface area contributed by atoms with Crippen LogP contribution in [0.5, 0.6) is 0 Å². The molecule has 1 aliphatic carbocycles. The van der Waals surface area contributed by atoms with E-state index in [1.807, 2.05) is 6.08 Å². The van der Waals surface area contributed by atoms with Gasteiger partial charge in [0.15, 0.2) is 0 Å². The first-order valence-electron chi connectivity index (χ1n) is 7.10. The fourth-order valence-electron chi connectivity index (χ4n) is 2.15. The fraction of sp³-hybridized carbons (Fsp3) is 0.600. The van der Waals surface area contributed by atoms with Crippen molar-refractivity contribution in [3.05, 3.63) is 23.8 Å². The van der Waals surface area contributed by atoms with Crippen molar-refractivity contribution in [2.45, 2.75) is 44.2 Å². The number of hydrogen-bond acceptors (Lipinski definition) is 4. The van der Waals surface area contributed by atoms with Crippen LogP contribution >= 0.6 is 0 Å². The molecule has 0 aromatic heterocycles. The number of aliphatic hydroxyl groups excluding tert-OH is 1. The standard InChI is InChI=1S/C15H24N2O3/c1-16-14(10-12-6-3-2-4-7-12)15(20)17-13(11-19)8-5-9-18/h3,6-7,11,13-14,16,18H,2,4-5,8-10H2,1H3,(H,17,20). The van der Waals surface area contributed by atoms with Crippen molar-refractivity contribution in [1.82, 2.24) is 10.6 Å². The highest BCUT2D eigenvalue weighted by molar-refractivity contribution is 5.84. The largest absolute Gasteiger partial charge is 0.396 e. The Morgan fingerprint density at radius 1 is 1.50 bits per heavy atom. The van der Waals surface area contributed by atoms with Crippen LogP contribution < -0.4 is 10.6 Å². The van der Waals surface area contributed by atoms with E-state index in [4.69, 9.17) is 5.11 Å². The molecule has 5 heteroatoms. The third-order valence-corrected chi connectivity index (χ3v) is 3.34. The second-order valence-corrected chi connectivity index (χ2v) is 4.92. The summed E-state index contributed by atoms with van der Waals surface area (Å²) < 4.78 is 0. The van der Waals surface area contributed by atoms with Crippen LogP contribution in [-0.2, 0) is 9.59 Å². The fourth-order valence-corrected chi connectivity index (χ4v) is 2.15. The van der Waals surface area contributed by atoms with Crippen molar-refractivity contribution in [3.63, 3.8) is 0 Å². The Morgan fingerprint density at radius 2 is 2.30 bits per heavy atom. The molecule has 0 aromatic carbocycles. The number of carbonyl (C=O) groups excluding carboxylic acids is 2. The summed E-state index contributed by atoms with van der Waals surface area (Å²) in [5.74, 6) is -0.178. The molecule has 1 aliphatic rings. The van der Waals surface area contributed by atoms with Crippen molar-refractivity contribution in [2.75, 3.05) is 13.7 Å². The number of carbonyl (C=O) groups is 2. The van der Waals surface area contributed by atoms with E-state index >= 15 is 0 Å². The molecule has 0 heterocycles. The molecule has 2 atom stereocenters. The summed E-state index contributed by atoms with van der Waals surface area (Å²) in [5.41, 5.74) is 1.14. The Bertz CT molecular complexity index is 377. The second kappa shape index (κ2) is 9.44. The van der Waals surface area contributed by atoms with Gasteiger partial charge in [0.2, 0.25) is 5.91 Å². The molecule has 5 nitrogen and oxygen atoms in total. The van der Waals surface area contributed by atoms with Crippen LogP contribution in [0.1, 0.15) is 32.1 Å². The van der Waals surface area contributed by atoms with Gasteiger partial charge in [0, 0.05) is 6.61 Å². The first-order chi connectivity index (χ1) is 9.71. The van der Waals surface area contributed by atoms with Gasteiger partial charge in [-0.1, -0.05) is 23.8 Å². The molecule has 0 saturated heterocycles. The van der Waals surface area contributed by atoms with E-state index in [9.17, 15) is 9.59 Å². The Labute approximate surface area is 120 Å². The highest BCUT2D eigenvalue weighted by Crippen LogP contribution is 2.15. The van der Waals surface area contributed by atoms with Crippen molar-refractivity contribution >= 4 is 12.2 Å². The highest BCUT2D eigenvalue weighted by Gasteiger charge is 2.20. The molecule has 0 spiro atoms. The van der Waals surface area contributed by atoms with Gasteiger partial charge in [-0.25, -0.2) is 0 Å². The molecule has 20 heavy (non-hydrogen) atoms. The molecular formula is C15H24N2O3. The van der Waals surface area contributed by atoms with Gasteiger partial charge < -0.3 is 20.5 Å². The summed E-state index contributed by atoms with van der Waals surface area (Å²) >= 11 is 0. The number of rotatable bonds is 9. The van der Waals surface area contributed by atoms with Crippen molar-refractivity contribution in [3.8, 4) is 0 Å². The van der Waals surface area contributed by atoms with Gasteiger partial charge in [0.25, 0.3) is 0 Å². The summed E-state index contributed by atoms with van der Waals surface area (Å²) in [4.78, 5) is 23.0. The van der Waals surface area contributed by atoms with Gasteiger partial charge in [-0.2, -0.15) is 0 Å². The number of amides is 1. The molecule has 1 rings (SSSR count). The summed E-state index contributed by atoms with van der Waals surface area (Å²) in [6.45, 7) is 0.0212. The zero-order chi connectivity index (χ0) is 14.8.